The minimum absolute atomic E-state index is 0.00253. The number of nitrogens with one attached hydrogen (secondary N) is 1. The molecule has 1 aliphatic heterocycles. The lowest BCUT2D eigenvalue weighted by atomic mass is 10.0. The predicted molar refractivity (Wildman–Crippen MR) is 138 cm³/mol. The first-order valence-corrected chi connectivity index (χ1v) is 12.2. The third-order valence-corrected chi connectivity index (χ3v) is 6.65. The number of carbonyl (C=O) groups is 3. The Bertz CT molecular complexity index is 1530. The van der Waals surface area contributed by atoms with Crippen LogP contribution >= 0.6 is 11.6 Å². The monoisotopic (exact) mass is 535 g/mol. The van der Waals surface area contributed by atoms with E-state index in [1.165, 1.54) is 9.58 Å². The van der Waals surface area contributed by atoms with E-state index >= 15 is 0 Å². The highest BCUT2D eigenvalue weighted by atomic mass is 35.5. The molecule has 10 nitrogen and oxygen atoms in total. The van der Waals surface area contributed by atoms with Gasteiger partial charge in [0.05, 0.1) is 24.5 Å². The minimum Gasteiger partial charge on any atom is -0.364 e. The van der Waals surface area contributed by atoms with Crippen molar-refractivity contribution in [2.45, 2.75) is 31.7 Å². The Morgan fingerprint density at radius 3 is 2.68 bits per heavy atom. The second kappa shape index (κ2) is 10.5. The number of amides is 3. The van der Waals surface area contributed by atoms with Crippen LogP contribution in [0.4, 0.5) is 4.39 Å². The Labute approximate surface area is 221 Å². The average molecular weight is 536 g/mol. The lowest BCUT2D eigenvalue weighted by Crippen LogP contribution is -2.46. The maximum Gasteiger partial charge on any atom is 0.269 e. The number of carbonyl (C=O) groups excluding carboxylic acids is 3. The summed E-state index contributed by atoms with van der Waals surface area (Å²) < 4.78 is 15.7. The minimum atomic E-state index is -1.34. The molecular formula is C26H23ClFN7O3. The maximum atomic E-state index is 14.4. The Hall–Kier alpha value is -4.38. The van der Waals surface area contributed by atoms with Gasteiger partial charge in [0.25, 0.3) is 5.91 Å². The number of nitrogens with zero attached hydrogens (tertiary/aromatic N) is 5. The molecule has 2 atom stereocenters. The number of hydrogen-bond donors (Lipinski definition) is 2. The fourth-order valence-corrected chi connectivity index (χ4v) is 4.82. The van der Waals surface area contributed by atoms with E-state index in [-0.39, 0.29) is 31.7 Å². The van der Waals surface area contributed by atoms with Crippen LogP contribution in [-0.2, 0) is 22.7 Å². The van der Waals surface area contributed by atoms with E-state index in [4.69, 9.17) is 17.3 Å². The highest BCUT2D eigenvalue weighted by Crippen LogP contribution is 2.27. The summed E-state index contributed by atoms with van der Waals surface area (Å²) in [6.45, 7) is -0.324. The van der Waals surface area contributed by atoms with E-state index in [2.05, 4.69) is 20.6 Å². The molecule has 12 heteroatoms. The van der Waals surface area contributed by atoms with Crippen molar-refractivity contribution in [1.29, 1.82) is 0 Å². The lowest BCUT2D eigenvalue weighted by Gasteiger charge is -2.23. The SMILES string of the molecule is NC(=O)c1nn(CC(=O)N2C[C@H](F)C[C@H]2C(=O)NCc2cccc(Cl)c2)c2ccc(-c3ccnnc3)cc12. The predicted octanol–water partition coefficient (Wildman–Crippen LogP) is 2.50. The Kier molecular flexibility index (Phi) is 7.01. The molecule has 0 bridgehead atoms. The molecule has 0 saturated carbocycles. The van der Waals surface area contributed by atoms with Crippen molar-refractivity contribution in [3.63, 3.8) is 0 Å². The molecule has 3 amide bonds. The number of benzene rings is 2. The van der Waals surface area contributed by atoms with Crippen LogP contribution < -0.4 is 11.1 Å². The largest absolute Gasteiger partial charge is 0.364 e. The topological polar surface area (TPSA) is 136 Å². The van der Waals surface area contributed by atoms with Gasteiger partial charge in [-0.3, -0.25) is 19.1 Å². The number of nitrogens with two attached hydrogens (primary N) is 1. The molecule has 2 aromatic carbocycles. The third kappa shape index (κ3) is 5.18. The molecule has 2 aromatic heterocycles. The molecule has 1 saturated heterocycles. The highest BCUT2D eigenvalue weighted by molar-refractivity contribution is 6.30. The number of alkyl halides is 1. The average Bonchev–Trinajstić information content (AvgIpc) is 3.48. The molecule has 0 spiro atoms. The zero-order chi connectivity index (χ0) is 26.8. The van der Waals surface area contributed by atoms with Gasteiger partial charge in [-0.15, -0.1) is 0 Å². The van der Waals surface area contributed by atoms with Crippen LogP contribution in [-0.4, -0.2) is 61.4 Å². The Morgan fingerprint density at radius 1 is 1.11 bits per heavy atom. The van der Waals surface area contributed by atoms with Crippen molar-refractivity contribution < 1.29 is 18.8 Å². The van der Waals surface area contributed by atoms with E-state index in [9.17, 15) is 18.8 Å². The van der Waals surface area contributed by atoms with Crippen molar-refractivity contribution in [3.05, 3.63) is 77.2 Å². The summed E-state index contributed by atoms with van der Waals surface area (Å²) in [5, 5.41) is 15.6. The summed E-state index contributed by atoms with van der Waals surface area (Å²) in [4.78, 5) is 39.5. The molecule has 194 valence electrons. The van der Waals surface area contributed by atoms with E-state index in [0.29, 0.717) is 15.9 Å². The van der Waals surface area contributed by atoms with Gasteiger partial charge in [-0.05, 0) is 41.5 Å². The zero-order valence-electron chi connectivity index (χ0n) is 20.1. The van der Waals surface area contributed by atoms with Gasteiger partial charge in [0.15, 0.2) is 5.69 Å². The molecule has 0 aliphatic carbocycles. The van der Waals surface area contributed by atoms with Gasteiger partial charge in [0.2, 0.25) is 11.8 Å². The number of rotatable bonds is 7. The highest BCUT2D eigenvalue weighted by Gasteiger charge is 2.40. The number of likely N-dealkylation sites (tertiary alicyclic amines) is 1. The molecule has 1 aliphatic rings. The van der Waals surface area contributed by atoms with Gasteiger partial charge in [-0.25, -0.2) is 4.39 Å². The van der Waals surface area contributed by atoms with Crippen molar-refractivity contribution in [3.8, 4) is 11.1 Å². The van der Waals surface area contributed by atoms with E-state index < -0.39 is 29.9 Å². The van der Waals surface area contributed by atoms with Gasteiger partial charge in [-0.2, -0.15) is 15.3 Å². The molecule has 4 aromatic rings. The van der Waals surface area contributed by atoms with Crippen LogP contribution in [0, 0.1) is 0 Å². The molecule has 38 heavy (non-hydrogen) atoms. The van der Waals surface area contributed by atoms with E-state index in [0.717, 1.165) is 16.7 Å². The van der Waals surface area contributed by atoms with Crippen molar-refractivity contribution >= 4 is 40.2 Å². The molecular weight excluding hydrogens is 513 g/mol. The smallest absolute Gasteiger partial charge is 0.269 e. The van der Waals surface area contributed by atoms with Crippen LogP contribution in [0.3, 0.4) is 0 Å². The Morgan fingerprint density at radius 2 is 1.95 bits per heavy atom. The number of hydrogen-bond acceptors (Lipinski definition) is 6. The number of primary amides is 1. The standard InChI is InChI=1S/C26H23ClFN7O3/c27-18-3-1-2-15(8-18)11-30-26(38)22-10-19(28)13-34(22)23(36)14-35-21-5-4-16(17-6-7-31-32-12-17)9-20(21)24(33-35)25(29)37/h1-9,12,19,22H,10-11,13-14H2,(H2,29,37)(H,30,38)/t19-,22+/m1/s1. The van der Waals surface area contributed by atoms with Gasteiger partial charge < -0.3 is 16.0 Å². The number of halogens is 2. The quantitative estimate of drug-likeness (QED) is 0.373. The summed E-state index contributed by atoms with van der Waals surface area (Å²) in [6.07, 6.45) is 1.68. The van der Waals surface area contributed by atoms with Crippen molar-refractivity contribution in [2.24, 2.45) is 5.73 Å². The van der Waals surface area contributed by atoms with Crippen LogP contribution in [0.1, 0.15) is 22.5 Å². The van der Waals surface area contributed by atoms with Crippen LogP contribution in [0.25, 0.3) is 22.0 Å². The Balaban J connectivity index is 1.36. The first-order chi connectivity index (χ1) is 18.3. The van der Waals surface area contributed by atoms with Crippen molar-refractivity contribution in [2.75, 3.05) is 6.54 Å². The first kappa shape index (κ1) is 25.3. The third-order valence-electron chi connectivity index (χ3n) is 6.42. The molecule has 5 rings (SSSR count). The molecule has 0 unspecified atom stereocenters. The summed E-state index contributed by atoms with van der Waals surface area (Å²) in [5.41, 5.74) is 8.37. The van der Waals surface area contributed by atoms with Crippen LogP contribution in [0.5, 0.6) is 0 Å². The maximum absolute atomic E-state index is 14.4. The summed E-state index contributed by atoms with van der Waals surface area (Å²) in [5.74, 6) is -1.72. The van der Waals surface area contributed by atoms with Gasteiger partial charge >= 0.3 is 0 Å². The van der Waals surface area contributed by atoms with Crippen molar-refractivity contribution in [1.82, 2.24) is 30.2 Å². The first-order valence-electron chi connectivity index (χ1n) is 11.8. The van der Waals surface area contributed by atoms with Crippen LogP contribution in [0.15, 0.2) is 60.9 Å². The van der Waals surface area contributed by atoms with E-state index in [1.807, 2.05) is 0 Å². The fourth-order valence-electron chi connectivity index (χ4n) is 4.60. The lowest BCUT2D eigenvalue weighted by molar-refractivity contribution is -0.139. The summed E-state index contributed by atoms with van der Waals surface area (Å²) in [6, 6.07) is 13.0. The molecule has 0 radical (unpaired) electrons. The molecule has 3 heterocycles. The van der Waals surface area contributed by atoms with E-state index in [1.54, 1.807) is 60.9 Å². The van der Waals surface area contributed by atoms with Crippen LogP contribution in [0.2, 0.25) is 5.02 Å². The number of aromatic nitrogens is 4. The second-order valence-electron chi connectivity index (χ2n) is 8.98. The molecule has 3 N–H and O–H groups in total. The summed E-state index contributed by atoms with van der Waals surface area (Å²) in [7, 11) is 0. The normalized spacial score (nSPS) is 17.1. The fraction of sp³-hybridized carbons (Fsp3) is 0.231. The van der Waals surface area contributed by atoms with Gasteiger partial charge in [0.1, 0.15) is 18.8 Å². The molecule has 1 fully saturated rings. The summed E-state index contributed by atoms with van der Waals surface area (Å²) >= 11 is 5.99. The second-order valence-corrected chi connectivity index (χ2v) is 9.41. The number of fused-ring (bicyclic) bond motifs is 1. The van der Waals surface area contributed by atoms with Gasteiger partial charge in [-0.1, -0.05) is 29.8 Å². The zero-order valence-corrected chi connectivity index (χ0v) is 20.8. The van der Waals surface area contributed by atoms with Gasteiger partial charge in [0, 0.05) is 28.9 Å².